The van der Waals surface area contributed by atoms with Gasteiger partial charge < -0.3 is 5.32 Å². The molecule has 5 nitrogen and oxygen atoms in total. The highest BCUT2D eigenvalue weighted by molar-refractivity contribution is 7.98. The lowest BCUT2D eigenvalue weighted by atomic mass is 9.80. The molecule has 1 fully saturated rings. The lowest BCUT2D eigenvalue weighted by Gasteiger charge is -2.30. The van der Waals surface area contributed by atoms with Crippen molar-refractivity contribution in [1.82, 2.24) is 5.32 Å². The molecule has 2 rings (SSSR count). The molecule has 1 aromatic carbocycles. The third-order valence-electron chi connectivity index (χ3n) is 4.44. The van der Waals surface area contributed by atoms with E-state index in [1.807, 2.05) is 12.3 Å². The summed E-state index contributed by atoms with van der Waals surface area (Å²) in [6.07, 6.45) is 5.21. The normalized spacial score (nSPS) is 21.0. The number of nitrogens with one attached hydrogen (secondary N) is 1. The van der Waals surface area contributed by atoms with Gasteiger partial charge in [-0.2, -0.15) is 5.26 Å². The molecule has 0 aliphatic heterocycles. The van der Waals surface area contributed by atoms with Crippen LogP contribution in [0.2, 0.25) is 0 Å². The maximum Gasteiger partial charge on any atom is 0.224 e. The van der Waals surface area contributed by atoms with Crippen molar-refractivity contribution in [3.63, 3.8) is 0 Å². The predicted octanol–water partition coefficient (Wildman–Crippen LogP) is 2.63. The molecule has 0 heterocycles. The molecule has 1 aliphatic rings. The topological polar surface area (TPSA) is 87.0 Å². The van der Waals surface area contributed by atoms with Crippen molar-refractivity contribution in [2.45, 2.75) is 35.5 Å². The molecular formula is C17H22N2O3S2. The second kappa shape index (κ2) is 8.54. The van der Waals surface area contributed by atoms with Gasteiger partial charge in [-0.3, -0.25) is 4.79 Å². The number of thioether (sulfide) groups is 1. The Morgan fingerprint density at radius 1 is 1.29 bits per heavy atom. The van der Waals surface area contributed by atoms with Crippen LogP contribution in [0.1, 0.15) is 25.7 Å². The molecule has 0 radical (unpaired) electrons. The first-order valence-corrected chi connectivity index (χ1v) is 10.9. The minimum atomic E-state index is -3.43. The van der Waals surface area contributed by atoms with Crippen LogP contribution in [0.3, 0.4) is 0 Å². The molecular weight excluding hydrogens is 344 g/mol. The van der Waals surface area contributed by atoms with E-state index >= 15 is 0 Å². The second-order valence-corrected chi connectivity index (χ2v) is 8.90. The Bertz CT molecular complexity index is 708. The van der Waals surface area contributed by atoms with Crippen LogP contribution < -0.4 is 5.32 Å². The van der Waals surface area contributed by atoms with Crippen LogP contribution in [0.5, 0.6) is 0 Å². The van der Waals surface area contributed by atoms with Crippen molar-refractivity contribution in [2.75, 3.05) is 18.6 Å². The van der Waals surface area contributed by atoms with Crippen molar-refractivity contribution in [3.05, 3.63) is 24.3 Å². The van der Waals surface area contributed by atoms with E-state index in [2.05, 4.69) is 5.32 Å². The molecule has 1 aliphatic carbocycles. The van der Waals surface area contributed by atoms with Crippen molar-refractivity contribution >= 4 is 27.5 Å². The van der Waals surface area contributed by atoms with Gasteiger partial charge in [0.2, 0.25) is 5.91 Å². The van der Waals surface area contributed by atoms with Crippen molar-refractivity contribution in [3.8, 4) is 6.07 Å². The third-order valence-corrected chi connectivity index (χ3v) is 7.04. The quantitative estimate of drug-likeness (QED) is 0.618. The molecule has 0 spiro atoms. The Hall–Kier alpha value is -1.52. The summed E-state index contributed by atoms with van der Waals surface area (Å²) >= 11 is 1.56. The van der Waals surface area contributed by atoms with Gasteiger partial charge in [0, 0.05) is 10.8 Å². The Morgan fingerprint density at radius 3 is 2.58 bits per heavy atom. The number of hydrogen-bond donors (Lipinski definition) is 1. The van der Waals surface area contributed by atoms with E-state index in [0.29, 0.717) is 11.3 Å². The number of benzene rings is 1. The Balaban J connectivity index is 2.13. The van der Waals surface area contributed by atoms with E-state index in [9.17, 15) is 13.2 Å². The number of carbonyl (C=O) groups is 1. The average molecular weight is 367 g/mol. The maximum atomic E-state index is 12.7. The molecule has 2 atom stereocenters. The highest BCUT2D eigenvalue weighted by Gasteiger charge is 2.34. The summed E-state index contributed by atoms with van der Waals surface area (Å²) in [6.45, 7) is -0.0368. The molecule has 1 saturated carbocycles. The first-order chi connectivity index (χ1) is 11.5. The summed E-state index contributed by atoms with van der Waals surface area (Å²) in [6, 6.07) is 8.75. The van der Waals surface area contributed by atoms with E-state index in [4.69, 9.17) is 5.26 Å². The summed E-state index contributed by atoms with van der Waals surface area (Å²) in [4.78, 5) is 13.5. The smallest absolute Gasteiger partial charge is 0.224 e. The lowest BCUT2D eigenvalue weighted by molar-refractivity contribution is -0.127. The van der Waals surface area contributed by atoms with Gasteiger partial charge in [0.05, 0.1) is 16.7 Å². The fourth-order valence-corrected chi connectivity index (χ4v) is 5.29. The Kier molecular flexibility index (Phi) is 6.69. The van der Waals surface area contributed by atoms with Crippen LogP contribution in [0, 0.1) is 23.2 Å². The van der Waals surface area contributed by atoms with Crippen molar-refractivity contribution < 1.29 is 13.2 Å². The third kappa shape index (κ3) is 4.74. The van der Waals surface area contributed by atoms with Gasteiger partial charge in [0.15, 0.2) is 9.84 Å². The number of nitriles is 1. The van der Waals surface area contributed by atoms with E-state index < -0.39 is 9.84 Å². The molecule has 0 unspecified atom stereocenters. The SMILES string of the molecule is CSc1ccc(S(=O)(=O)C[C@@H]2CCCC[C@@H]2C(=O)NCC#N)cc1. The van der Waals surface area contributed by atoms with Gasteiger partial charge in [-0.05, 0) is 49.3 Å². The summed E-state index contributed by atoms with van der Waals surface area (Å²) in [5.41, 5.74) is 0. The molecule has 1 amide bonds. The van der Waals surface area contributed by atoms with Gasteiger partial charge in [-0.15, -0.1) is 11.8 Å². The van der Waals surface area contributed by atoms with E-state index in [0.717, 1.165) is 24.2 Å². The average Bonchev–Trinajstić information content (AvgIpc) is 2.60. The number of sulfone groups is 1. The van der Waals surface area contributed by atoms with Gasteiger partial charge in [-0.1, -0.05) is 12.8 Å². The highest BCUT2D eigenvalue weighted by atomic mass is 32.2. The van der Waals surface area contributed by atoms with Crippen LogP contribution in [-0.2, 0) is 14.6 Å². The zero-order chi connectivity index (χ0) is 17.6. The molecule has 24 heavy (non-hydrogen) atoms. The predicted molar refractivity (Wildman–Crippen MR) is 94.3 cm³/mol. The zero-order valence-electron chi connectivity index (χ0n) is 13.7. The molecule has 0 aromatic heterocycles. The Labute approximate surface area is 147 Å². The molecule has 0 bridgehead atoms. The van der Waals surface area contributed by atoms with Crippen molar-refractivity contribution in [1.29, 1.82) is 5.26 Å². The van der Waals surface area contributed by atoms with Crippen LogP contribution in [0.15, 0.2) is 34.1 Å². The molecule has 7 heteroatoms. The number of nitrogens with zero attached hydrogens (tertiary/aromatic N) is 1. The number of amides is 1. The fourth-order valence-electron chi connectivity index (χ4n) is 3.17. The number of hydrogen-bond acceptors (Lipinski definition) is 5. The zero-order valence-corrected chi connectivity index (χ0v) is 15.3. The number of rotatable bonds is 6. The van der Waals surface area contributed by atoms with Gasteiger partial charge in [-0.25, -0.2) is 8.42 Å². The molecule has 1 N–H and O–H groups in total. The first-order valence-electron chi connectivity index (χ1n) is 7.99. The summed E-state index contributed by atoms with van der Waals surface area (Å²) < 4.78 is 25.4. The monoisotopic (exact) mass is 366 g/mol. The molecule has 1 aromatic rings. The summed E-state index contributed by atoms with van der Waals surface area (Å²) in [5, 5.41) is 11.2. The summed E-state index contributed by atoms with van der Waals surface area (Å²) in [7, 11) is -3.43. The van der Waals surface area contributed by atoms with Gasteiger partial charge >= 0.3 is 0 Å². The van der Waals surface area contributed by atoms with Gasteiger partial charge in [0.25, 0.3) is 0 Å². The minimum absolute atomic E-state index is 0.0176. The van der Waals surface area contributed by atoms with Crippen LogP contribution in [0.25, 0.3) is 0 Å². The standard InChI is InChI=1S/C17H22N2O3S2/c1-23-14-6-8-15(9-7-14)24(21,22)12-13-4-2-3-5-16(13)17(20)19-11-10-18/h6-9,13,16H,2-5,11-12H2,1H3,(H,19,20)/t13-,16-/m0/s1. The van der Waals surface area contributed by atoms with Crippen LogP contribution in [0.4, 0.5) is 0 Å². The molecule has 0 saturated heterocycles. The lowest BCUT2D eigenvalue weighted by Crippen LogP contribution is -2.39. The largest absolute Gasteiger partial charge is 0.343 e. The van der Waals surface area contributed by atoms with E-state index in [-0.39, 0.29) is 30.0 Å². The maximum absolute atomic E-state index is 12.7. The fraction of sp³-hybridized carbons (Fsp3) is 0.529. The second-order valence-electron chi connectivity index (χ2n) is 5.98. The van der Waals surface area contributed by atoms with E-state index in [1.54, 1.807) is 36.0 Å². The minimum Gasteiger partial charge on any atom is -0.343 e. The highest BCUT2D eigenvalue weighted by Crippen LogP contribution is 2.33. The first kappa shape index (κ1) is 18.8. The summed E-state index contributed by atoms with van der Waals surface area (Å²) in [5.74, 6) is -0.736. The van der Waals surface area contributed by atoms with Crippen LogP contribution in [-0.4, -0.2) is 32.9 Å². The van der Waals surface area contributed by atoms with E-state index in [1.165, 1.54) is 0 Å². The van der Waals surface area contributed by atoms with Crippen LogP contribution >= 0.6 is 11.8 Å². The Morgan fingerprint density at radius 2 is 1.96 bits per heavy atom. The van der Waals surface area contributed by atoms with Crippen molar-refractivity contribution in [2.24, 2.45) is 11.8 Å². The number of carbonyl (C=O) groups excluding carboxylic acids is 1. The molecule has 130 valence electrons. The van der Waals surface area contributed by atoms with Gasteiger partial charge in [0.1, 0.15) is 6.54 Å².